The van der Waals surface area contributed by atoms with Crippen LogP contribution in [0.3, 0.4) is 0 Å². The van der Waals surface area contributed by atoms with Gasteiger partial charge in [0, 0.05) is 4.88 Å². The predicted octanol–water partition coefficient (Wildman–Crippen LogP) is 4.70. The van der Waals surface area contributed by atoms with Crippen molar-refractivity contribution in [2.45, 2.75) is 6.10 Å². The molecule has 0 N–H and O–H groups in total. The molecule has 4 aromatic rings. The quantitative estimate of drug-likeness (QED) is 0.341. The first kappa shape index (κ1) is 18.7. The third kappa shape index (κ3) is 3.64. The molecule has 0 spiro atoms. The molecular weight excluding hydrogens is 425 g/mol. The van der Waals surface area contributed by atoms with E-state index in [-0.39, 0.29) is 12.4 Å². The minimum Gasteiger partial charge on any atom is -0.485 e. The van der Waals surface area contributed by atoms with E-state index >= 15 is 0 Å². The highest BCUT2D eigenvalue weighted by Crippen LogP contribution is 2.34. The first-order chi connectivity index (χ1) is 14.7. The number of hydrogen-bond acceptors (Lipinski definition) is 7. The number of hydrogen-bond donors (Lipinski definition) is 0. The fourth-order valence-corrected chi connectivity index (χ4v) is 4.47. The molecule has 9 heteroatoms. The van der Waals surface area contributed by atoms with Crippen molar-refractivity contribution in [2.24, 2.45) is 5.10 Å². The smallest absolute Gasteiger partial charge is 0.294 e. The molecule has 6 nitrogen and oxygen atoms in total. The summed E-state index contributed by atoms with van der Waals surface area (Å²) in [6.07, 6.45) is 0.705. The molecule has 0 fully saturated rings. The van der Waals surface area contributed by atoms with E-state index in [0.29, 0.717) is 26.8 Å². The van der Waals surface area contributed by atoms with Crippen LogP contribution in [0.15, 0.2) is 65.1 Å². The van der Waals surface area contributed by atoms with E-state index in [1.807, 2.05) is 29.6 Å². The zero-order valence-electron chi connectivity index (χ0n) is 15.4. The lowest BCUT2D eigenvalue weighted by atomic mass is 10.2. The van der Waals surface area contributed by atoms with Gasteiger partial charge in [0.2, 0.25) is 11.2 Å². The van der Waals surface area contributed by atoms with Gasteiger partial charge in [0.25, 0.3) is 5.91 Å². The van der Waals surface area contributed by atoms with Crippen LogP contribution in [0, 0.1) is 5.82 Å². The number of thiophene rings is 1. The molecule has 0 saturated heterocycles. The fraction of sp³-hybridized carbons (Fsp3) is 0.0952. The van der Waals surface area contributed by atoms with Crippen molar-refractivity contribution >= 4 is 50.1 Å². The lowest BCUT2D eigenvalue weighted by Gasteiger charge is -2.27. The van der Waals surface area contributed by atoms with Gasteiger partial charge in [-0.1, -0.05) is 29.5 Å². The number of amides is 1. The Labute approximate surface area is 178 Å². The number of hydrazone groups is 1. The van der Waals surface area contributed by atoms with Gasteiger partial charge in [-0.25, -0.2) is 9.37 Å². The molecule has 0 saturated carbocycles. The van der Waals surface area contributed by atoms with Crippen LogP contribution in [-0.4, -0.2) is 29.8 Å². The number of para-hydroxylation sites is 2. The van der Waals surface area contributed by atoms with E-state index in [0.717, 1.165) is 4.88 Å². The number of halogens is 1. The largest absolute Gasteiger partial charge is 0.485 e. The monoisotopic (exact) mass is 439 g/mol. The second kappa shape index (κ2) is 7.85. The summed E-state index contributed by atoms with van der Waals surface area (Å²) in [6.45, 7) is 0.0559. The number of benzene rings is 2. The van der Waals surface area contributed by atoms with Crippen LogP contribution in [0.2, 0.25) is 0 Å². The number of fused-ring (bicyclic) bond motifs is 2. The molecule has 2 aromatic heterocycles. The lowest BCUT2D eigenvalue weighted by Crippen LogP contribution is -2.44. The molecule has 1 atom stereocenters. The van der Waals surface area contributed by atoms with Crippen LogP contribution in [0.4, 0.5) is 9.52 Å². The number of aromatic nitrogens is 1. The average Bonchev–Trinajstić information content (AvgIpc) is 3.43. The van der Waals surface area contributed by atoms with Gasteiger partial charge < -0.3 is 9.47 Å². The first-order valence-corrected chi connectivity index (χ1v) is 10.7. The topological polar surface area (TPSA) is 64.0 Å². The van der Waals surface area contributed by atoms with Gasteiger partial charge in [-0.05, 0) is 41.8 Å². The van der Waals surface area contributed by atoms with Crippen molar-refractivity contribution in [3.8, 4) is 11.5 Å². The van der Waals surface area contributed by atoms with Gasteiger partial charge >= 0.3 is 0 Å². The lowest BCUT2D eigenvalue weighted by molar-refractivity contribution is -0.127. The van der Waals surface area contributed by atoms with E-state index in [1.165, 1.54) is 39.8 Å². The zero-order valence-corrected chi connectivity index (χ0v) is 17.0. The van der Waals surface area contributed by atoms with E-state index < -0.39 is 12.0 Å². The SMILES string of the molecule is O=C(C1COc2ccccc2O1)N(/N=C/c1cccs1)c1nc2ccc(F)cc2s1. The molecule has 1 aliphatic rings. The molecule has 30 heavy (non-hydrogen) atoms. The Bertz CT molecular complexity index is 1240. The Hall–Kier alpha value is -3.30. The van der Waals surface area contributed by atoms with Crippen LogP contribution < -0.4 is 14.5 Å². The Morgan fingerprint density at radius 1 is 1.20 bits per heavy atom. The third-order valence-corrected chi connectivity index (χ3v) is 6.16. The highest BCUT2D eigenvalue weighted by atomic mass is 32.1. The summed E-state index contributed by atoms with van der Waals surface area (Å²) < 4.78 is 25.8. The molecule has 0 aliphatic carbocycles. The maximum Gasteiger partial charge on any atom is 0.294 e. The predicted molar refractivity (Wildman–Crippen MR) is 115 cm³/mol. The summed E-state index contributed by atoms with van der Waals surface area (Å²) in [5.74, 6) is 0.302. The molecule has 3 heterocycles. The molecule has 1 unspecified atom stereocenters. The maximum absolute atomic E-state index is 13.6. The number of carbonyl (C=O) groups is 1. The summed E-state index contributed by atoms with van der Waals surface area (Å²) in [6, 6.07) is 15.3. The molecular formula is C21H14FN3O3S2. The number of ether oxygens (including phenoxy) is 2. The number of nitrogens with zero attached hydrogens (tertiary/aromatic N) is 3. The van der Waals surface area contributed by atoms with Crippen molar-refractivity contribution in [1.82, 2.24) is 4.98 Å². The van der Waals surface area contributed by atoms with Crippen LogP contribution >= 0.6 is 22.7 Å². The van der Waals surface area contributed by atoms with Crippen LogP contribution in [0.1, 0.15) is 4.88 Å². The maximum atomic E-state index is 13.6. The van der Waals surface area contributed by atoms with Crippen LogP contribution in [0.5, 0.6) is 11.5 Å². The highest BCUT2D eigenvalue weighted by Gasteiger charge is 2.33. The Morgan fingerprint density at radius 3 is 2.90 bits per heavy atom. The number of carbonyl (C=O) groups excluding carboxylic acids is 1. The van der Waals surface area contributed by atoms with Gasteiger partial charge in [0.1, 0.15) is 12.4 Å². The number of rotatable bonds is 4. The molecule has 0 radical (unpaired) electrons. The second-order valence-electron chi connectivity index (χ2n) is 6.38. The Kier molecular flexibility index (Phi) is 4.89. The Morgan fingerprint density at radius 2 is 2.07 bits per heavy atom. The standard InChI is InChI=1S/C21H14FN3O3S2/c22-13-7-8-15-19(10-13)30-21(24-15)25(23-11-14-4-3-9-29-14)20(26)18-12-27-16-5-1-2-6-17(16)28-18/h1-11,18H,12H2/b23-11+. The number of thiazole rings is 1. The van der Waals surface area contributed by atoms with Crippen molar-refractivity contribution < 1.29 is 18.7 Å². The summed E-state index contributed by atoms with van der Waals surface area (Å²) in [4.78, 5) is 18.7. The summed E-state index contributed by atoms with van der Waals surface area (Å²) >= 11 is 2.68. The molecule has 0 bridgehead atoms. The average molecular weight is 439 g/mol. The van der Waals surface area contributed by atoms with Gasteiger partial charge in [0.05, 0.1) is 16.4 Å². The fourth-order valence-electron chi connectivity index (χ4n) is 2.93. The summed E-state index contributed by atoms with van der Waals surface area (Å²) in [7, 11) is 0. The van der Waals surface area contributed by atoms with Crippen molar-refractivity contribution in [3.05, 3.63) is 70.7 Å². The minimum atomic E-state index is -0.885. The molecule has 1 amide bonds. The van der Waals surface area contributed by atoms with E-state index in [9.17, 15) is 9.18 Å². The van der Waals surface area contributed by atoms with Gasteiger partial charge in [-0.2, -0.15) is 10.1 Å². The van der Waals surface area contributed by atoms with Crippen LogP contribution in [0.25, 0.3) is 10.2 Å². The minimum absolute atomic E-state index is 0.0559. The molecule has 150 valence electrons. The van der Waals surface area contributed by atoms with E-state index in [2.05, 4.69) is 10.1 Å². The molecule has 5 rings (SSSR count). The van der Waals surface area contributed by atoms with Crippen molar-refractivity contribution in [3.63, 3.8) is 0 Å². The summed E-state index contributed by atoms with van der Waals surface area (Å²) in [5.41, 5.74) is 0.590. The normalized spacial score (nSPS) is 15.6. The first-order valence-electron chi connectivity index (χ1n) is 9.03. The van der Waals surface area contributed by atoms with Crippen LogP contribution in [-0.2, 0) is 4.79 Å². The Balaban J connectivity index is 1.49. The second-order valence-corrected chi connectivity index (χ2v) is 8.37. The zero-order chi connectivity index (χ0) is 20.5. The van der Waals surface area contributed by atoms with Crippen molar-refractivity contribution in [1.29, 1.82) is 0 Å². The third-order valence-electron chi connectivity index (χ3n) is 4.36. The van der Waals surface area contributed by atoms with E-state index in [4.69, 9.17) is 9.47 Å². The summed E-state index contributed by atoms with van der Waals surface area (Å²) in [5, 5.41) is 7.82. The van der Waals surface area contributed by atoms with Crippen molar-refractivity contribution in [2.75, 3.05) is 11.6 Å². The number of anilines is 1. The highest BCUT2D eigenvalue weighted by molar-refractivity contribution is 7.22. The molecule has 2 aromatic carbocycles. The van der Waals surface area contributed by atoms with E-state index in [1.54, 1.807) is 24.4 Å². The van der Waals surface area contributed by atoms with Gasteiger partial charge in [-0.3, -0.25) is 4.79 Å². The van der Waals surface area contributed by atoms with Gasteiger partial charge in [-0.15, -0.1) is 11.3 Å². The van der Waals surface area contributed by atoms with Gasteiger partial charge in [0.15, 0.2) is 11.5 Å². The molecule has 1 aliphatic heterocycles.